The molecule has 0 unspecified atom stereocenters. The Hall–Kier alpha value is -4.67. The van der Waals surface area contributed by atoms with Crippen LogP contribution in [0.5, 0.6) is 23.0 Å². The van der Waals surface area contributed by atoms with Crippen molar-refractivity contribution in [3.05, 3.63) is 52.8 Å². The first-order chi connectivity index (χ1) is 28.4. The van der Waals surface area contributed by atoms with E-state index in [4.69, 9.17) is 14.2 Å². The van der Waals surface area contributed by atoms with E-state index in [0.717, 1.165) is 13.1 Å². The van der Waals surface area contributed by atoms with Crippen LogP contribution in [0.4, 0.5) is 5.69 Å². The summed E-state index contributed by atoms with van der Waals surface area (Å²) in [6, 6.07) is 0.561. The lowest BCUT2D eigenvalue weighted by Gasteiger charge is -2.36. The molecule has 7 N–H and O–H groups in total. The zero-order chi connectivity index (χ0) is 43.8. The number of carbonyl (C=O) groups excluding carboxylic acids is 2. The van der Waals surface area contributed by atoms with Gasteiger partial charge in [-0.2, -0.15) is 5.10 Å². The van der Waals surface area contributed by atoms with Crippen LogP contribution in [-0.2, 0) is 14.3 Å². The van der Waals surface area contributed by atoms with Crippen molar-refractivity contribution >= 4 is 34.4 Å². The number of allylic oxidation sites excluding steroid dienone is 2. The highest BCUT2D eigenvalue weighted by Crippen LogP contribution is 2.55. The molecule has 2 fully saturated rings. The van der Waals surface area contributed by atoms with Crippen LogP contribution < -0.4 is 10.1 Å². The molecule has 2 aromatic carbocycles. The Kier molecular flexibility index (Phi) is 13.6. The van der Waals surface area contributed by atoms with Crippen molar-refractivity contribution in [1.82, 2.24) is 9.91 Å². The number of amides is 1. The van der Waals surface area contributed by atoms with Gasteiger partial charge in [-0.15, -0.1) is 0 Å². The van der Waals surface area contributed by atoms with Crippen LogP contribution >= 0.6 is 0 Å². The van der Waals surface area contributed by atoms with Gasteiger partial charge in [0.15, 0.2) is 5.75 Å². The number of ketones is 1. The van der Waals surface area contributed by atoms with E-state index in [9.17, 15) is 40.2 Å². The highest BCUT2D eigenvalue weighted by Gasteiger charge is 2.50. The number of fused-ring (bicyclic) bond motifs is 14. The topological polar surface area (TPSA) is 214 Å². The second-order valence-corrected chi connectivity index (χ2v) is 17.2. The fraction of sp³-hybridized carbons (Fsp3) is 0.578. The molecule has 1 aliphatic carbocycles. The zero-order valence-electron chi connectivity index (χ0n) is 35.9. The first-order valence-electron chi connectivity index (χ1n) is 21.0. The maximum absolute atomic E-state index is 14.4. The number of anilines is 1. The zero-order valence-corrected chi connectivity index (χ0v) is 35.9. The summed E-state index contributed by atoms with van der Waals surface area (Å²) in [4.78, 5) is 30.7. The molecule has 1 saturated carbocycles. The quantitative estimate of drug-likeness (QED) is 0.122. The Labute approximate surface area is 351 Å². The number of carbonyl (C=O) groups is 2. The van der Waals surface area contributed by atoms with Crippen LogP contribution in [0.15, 0.2) is 41.2 Å². The molecule has 0 spiro atoms. The minimum atomic E-state index is -2.01. The number of piperazine rings is 1. The van der Waals surface area contributed by atoms with E-state index in [1.54, 1.807) is 46.8 Å². The summed E-state index contributed by atoms with van der Waals surface area (Å²) in [5.74, 6) is -7.52. The third-order valence-corrected chi connectivity index (χ3v) is 13.3. The molecule has 4 heterocycles. The lowest BCUT2D eigenvalue weighted by molar-refractivity contribution is -0.112. The maximum atomic E-state index is 14.4. The van der Waals surface area contributed by atoms with Crippen molar-refractivity contribution in [1.29, 1.82) is 0 Å². The standard InChI is InChI=1S/C45H62N4O11/c1-23-12-11-13-24(2)44(57)47-35-30(22-46-49-19-17-48(18-20-49)29-14-9-10-15-29)40(54)32-33(41(35)55)39(53)28(6)42-34(32)43(56)45(7,60-42)59-21-16-31(58-8)25(3)37(51)27(5)38(52)26(4)36(23)50/h11-13,16,21-23,25-27,29,31,36-38,50-55H,9-10,14-15,17-20H2,1-8H3,(H,47,57)/b12-11+,21-16+,24-13+,46-22-/t23-,25+,26+,27-,31-,36-,37+,38+,45-/m0/s1. The summed E-state index contributed by atoms with van der Waals surface area (Å²) < 4.78 is 17.8. The summed E-state index contributed by atoms with van der Waals surface area (Å²) in [7, 11) is 1.45. The van der Waals surface area contributed by atoms with Gasteiger partial charge in [0.2, 0.25) is 0 Å². The number of aliphatic hydroxyl groups is 3. The van der Waals surface area contributed by atoms with Gasteiger partial charge < -0.3 is 50.2 Å². The van der Waals surface area contributed by atoms with Crippen LogP contribution in [0.1, 0.15) is 88.7 Å². The van der Waals surface area contributed by atoms with Gasteiger partial charge >= 0.3 is 5.79 Å². The number of methoxy groups -OCH3 is 1. The number of phenolic OH excluding ortho intramolecular Hbond substituents is 3. The lowest BCUT2D eigenvalue weighted by Crippen LogP contribution is -2.47. The van der Waals surface area contributed by atoms with E-state index < -0.39 is 82.8 Å². The predicted octanol–water partition coefficient (Wildman–Crippen LogP) is 5.08. The molecular formula is C45H62N4O11. The molecule has 15 heteroatoms. The first-order valence-corrected chi connectivity index (χ1v) is 21.0. The number of aromatic hydroxyl groups is 3. The number of Topliss-reactive ketones (excluding diaryl/α,β-unsaturated/α-hetero) is 1. The number of aliphatic hydroxyl groups excluding tert-OH is 3. The number of benzene rings is 2. The van der Waals surface area contributed by atoms with Gasteiger partial charge in [-0.3, -0.25) is 19.5 Å². The Balaban J connectivity index is 1.46. The van der Waals surface area contributed by atoms with Crippen molar-refractivity contribution in [2.24, 2.45) is 28.8 Å². The van der Waals surface area contributed by atoms with Gasteiger partial charge in [-0.05, 0) is 32.8 Å². The monoisotopic (exact) mass is 834 g/mol. The van der Waals surface area contributed by atoms with Gasteiger partial charge in [-0.25, -0.2) is 0 Å². The number of ether oxygens (including phenoxy) is 3. The number of nitrogens with zero attached hydrogens (tertiary/aromatic N) is 3. The fourth-order valence-electron chi connectivity index (χ4n) is 9.08. The van der Waals surface area contributed by atoms with Gasteiger partial charge in [0.05, 0.1) is 59.1 Å². The SMILES string of the molecule is CO[C@H]1/C=C/O[C@@]2(C)Oc3c(C)c(O)c4c(O)c(c(/C=N\N5CCN(C6CCCC6)CC5)c(O)c4c3C2=O)NC(=O)/C(C)=C/C=C/[C@H](C)[C@H](O)[C@@H](C)[C@@H](O)[C@@H](C)[C@H](O)[C@@H]1C. The molecule has 1 amide bonds. The molecule has 1 saturated heterocycles. The van der Waals surface area contributed by atoms with Crippen molar-refractivity contribution in [3.8, 4) is 23.0 Å². The predicted molar refractivity (Wildman–Crippen MR) is 227 cm³/mol. The van der Waals surface area contributed by atoms with E-state index >= 15 is 0 Å². The molecule has 15 nitrogen and oxygen atoms in total. The Morgan fingerprint density at radius 2 is 1.50 bits per heavy atom. The Bertz CT molecular complexity index is 2070. The minimum absolute atomic E-state index is 0.0742. The van der Waals surface area contributed by atoms with Crippen molar-refractivity contribution in [2.75, 3.05) is 38.6 Å². The summed E-state index contributed by atoms with van der Waals surface area (Å²) >= 11 is 0. The van der Waals surface area contributed by atoms with Crippen LogP contribution in [0.25, 0.3) is 10.8 Å². The molecule has 5 aliphatic rings. The number of hydrogen-bond donors (Lipinski definition) is 7. The minimum Gasteiger partial charge on any atom is -0.507 e. The van der Waals surface area contributed by atoms with E-state index in [1.807, 2.05) is 5.01 Å². The number of phenols is 3. The summed E-state index contributed by atoms with van der Waals surface area (Å²) in [5.41, 5.74) is -0.233. The van der Waals surface area contributed by atoms with Gasteiger partial charge in [0.1, 0.15) is 17.2 Å². The third kappa shape index (κ3) is 8.47. The molecule has 328 valence electrons. The number of rotatable bonds is 4. The second-order valence-electron chi connectivity index (χ2n) is 17.2. The van der Waals surface area contributed by atoms with E-state index in [0.29, 0.717) is 19.1 Å². The van der Waals surface area contributed by atoms with E-state index in [-0.39, 0.29) is 44.5 Å². The molecule has 0 aromatic heterocycles. The van der Waals surface area contributed by atoms with Crippen LogP contribution in [0.3, 0.4) is 0 Å². The molecule has 5 bridgehead atoms. The molecule has 7 rings (SSSR count). The fourth-order valence-corrected chi connectivity index (χ4v) is 9.08. The summed E-state index contributed by atoms with van der Waals surface area (Å²) in [6.07, 6.45) is 9.71. The van der Waals surface area contributed by atoms with Crippen LogP contribution in [0, 0.1) is 30.6 Å². The normalized spacial score (nSPS) is 33.5. The summed E-state index contributed by atoms with van der Waals surface area (Å²) in [5, 5.41) is 78.4. The van der Waals surface area contributed by atoms with Crippen molar-refractivity contribution in [3.63, 3.8) is 0 Å². The largest absolute Gasteiger partial charge is 0.507 e. The average Bonchev–Trinajstić information content (AvgIpc) is 3.87. The molecular weight excluding hydrogens is 773 g/mol. The molecule has 4 aliphatic heterocycles. The maximum Gasteiger partial charge on any atom is 0.312 e. The second kappa shape index (κ2) is 18.1. The van der Waals surface area contributed by atoms with Gasteiger partial charge in [-0.1, -0.05) is 58.8 Å². The average molecular weight is 835 g/mol. The highest BCUT2D eigenvalue weighted by atomic mass is 16.7. The third-order valence-electron chi connectivity index (χ3n) is 13.3. The van der Waals surface area contributed by atoms with E-state index in [2.05, 4.69) is 15.3 Å². The van der Waals surface area contributed by atoms with Gasteiger partial charge in [0.25, 0.3) is 11.7 Å². The highest BCUT2D eigenvalue weighted by molar-refractivity contribution is 6.23. The van der Waals surface area contributed by atoms with E-state index in [1.165, 1.54) is 71.3 Å². The summed E-state index contributed by atoms with van der Waals surface area (Å²) in [6.45, 7) is 14.1. The van der Waals surface area contributed by atoms with Crippen LogP contribution in [-0.4, -0.2) is 128 Å². The molecule has 9 atom stereocenters. The van der Waals surface area contributed by atoms with Gasteiger partial charge in [0, 0.05) is 86.4 Å². The Morgan fingerprint density at radius 3 is 2.15 bits per heavy atom. The first kappa shape index (κ1) is 44.9. The van der Waals surface area contributed by atoms with Crippen molar-refractivity contribution < 1.29 is 54.4 Å². The smallest absolute Gasteiger partial charge is 0.312 e. The van der Waals surface area contributed by atoms with Crippen LogP contribution in [0.2, 0.25) is 0 Å². The molecule has 2 aromatic rings. The Morgan fingerprint density at radius 1 is 0.867 bits per heavy atom. The number of nitrogens with one attached hydrogen (secondary N) is 1. The number of hydrazone groups is 1. The number of hydrogen-bond acceptors (Lipinski definition) is 14. The molecule has 60 heavy (non-hydrogen) atoms. The lowest BCUT2D eigenvalue weighted by atomic mass is 9.78. The molecule has 0 radical (unpaired) electrons. The van der Waals surface area contributed by atoms with Crippen molar-refractivity contribution in [2.45, 2.75) is 110 Å².